The van der Waals surface area contributed by atoms with Crippen molar-refractivity contribution in [2.75, 3.05) is 0 Å². The SMILES string of the molecule is CC(C(=O)Cl)c1cccc(C(=O)c2ccccc2)c1.CC(C(=O)O)c1cccc(C(=O)c2ccccc2)c1. The van der Waals surface area contributed by atoms with Gasteiger partial charge in [0.05, 0.1) is 11.8 Å². The van der Waals surface area contributed by atoms with Crippen LogP contribution >= 0.6 is 11.6 Å². The third kappa shape index (κ3) is 7.34. The van der Waals surface area contributed by atoms with Crippen molar-refractivity contribution < 1.29 is 24.3 Å². The number of carbonyl (C=O) groups is 4. The maximum Gasteiger partial charge on any atom is 0.310 e. The molecule has 4 aromatic carbocycles. The molecule has 5 nitrogen and oxygen atoms in total. The second kappa shape index (κ2) is 13.3. The van der Waals surface area contributed by atoms with E-state index in [4.69, 9.17) is 16.7 Å². The van der Waals surface area contributed by atoms with Gasteiger partial charge in [-0.1, -0.05) is 104 Å². The maximum atomic E-state index is 12.3. The van der Waals surface area contributed by atoms with Crippen LogP contribution in [0.15, 0.2) is 109 Å². The fourth-order valence-corrected chi connectivity index (χ4v) is 3.81. The van der Waals surface area contributed by atoms with Crippen molar-refractivity contribution in [3.05, 3.63) is 143 Å². The molecule has 0 aliphatic carbocycles. The summed E-state index contributed by atoms with van der Waals surface area (Å²) in [6.45, 7) is 3.33. The van der Waals surface area contributed by atoms with Crippen LogP contribution in [-0.4, -0.2) is 27.9 Å². The monoisotopic (exact) mass is 526 g/mol. The molecule has 1 N–H and O–H groups in total. The molecule has 0 bridgehead atoms. The van der Waals surface area contributed by atoms with Gasteiger partial charge >= 0.3 is 5.97 Å². The van der Waals surface area contributed by atoms with Gasteiger partial charge in [-0.25, -0.2) is 0 Å². The zero-order valence-corrected chi connectivity index (χ0v) is 21.8. The molecule has 0 aliphatic rings. The highest BCUT2D eigenvalue weighted by Gasteiger charge is 2.17. The number of benzene rings is 4. The van der Waals surface area contributed by atoms with Gasteiger partial charge in [0, 0.05) is 22.3 Å². The molecule has 2 unspecified atom stereocenters. The van der Waals surface area contributed by atoms with Crippen molar-refractivity contribution in [1.29, 1.82) is 0 Å². The number of carboxylic acid groups (broad SMARTS) is 1. The van der Waals surface area contributed by atoms with Crippen LogP contribution in [0.1, 0.15) is 68.7 Å². The van der Waals surface area contributed by atoms with Crippen molar-refractivity contribution in [1.82, 2.24) is 0 Å². The lowest BCUT2D eigenvalue weighted by atomic mass is 9.96. The van der Waals surface area contributed by atoms with Crippen LogP contribution in [0, 0.1) is 0 Å². The summed E-state index contributed by atoms with van der Waals surface area (Å²) < 4.78 is 0. The summed E-state index contributed by atoms with van der Waals surface area (Å²) in [5.74, 6) is -2.09. The van der Waals surface area contributed by atoms with Gasteiger partial charge in [-0.3, -0.25) is 19.2 Å². The van der Waals surface area contributed by atoms with E-state index in [1.54, 1.807) is 98.8 Å². The smallest absolute Gasteiger partial charge is 0.310 e. The van der Waals surface area contributed by atoms with Gasteiger partial charge in [0.1, 0.15) is 0 Å². The van der Waals surface area contributed by atoms with Crippen LogP contribution in [0.2, 0.25) is 0 Å². The molecular weight excluding hydrogens is 500 g/mol. The van der Waals surface area contributed by atoms with Crippen LogP contribution in [-0.2, 0) is 9.59 Å². The van der Waals surface area contributed by atoms with E-state index in [1.165, 1.54) is 0 Å². The fraction of sp³-hybridized carbons (Fsp3) is 0.125. The van der Waals surface area contributed by atoms with Crippen molar-refractivity contribution in [2.45, 2.75) is 25.7 Å². The number of rotatable bonds is 8. The van der Waals surface area contributed by atoms with Gasteiger partial charge in [0.2, 0.25) is 5.24 Å². The zero-order valence-electron chi connectivity index (χ0n) is 21.0. The molecule has 0 aromatic heterocycles. The van der Waals surface area contributed by atoms with Crippen LogP contribution in [0.4, 0.5) is 0 Å². The Morgan fingerprint density at radius 3 is 1.29 bits per heavy atom. The predicted octanol–water partition coefficient (Wildman–Crippen LogP) is 6.89. The van der Waals surface area contributed by atoms with Gasteiger partial charge in [0.25, 0.3) is 0 Å². The number of halogens is 1. The van der Waals surface area contributed by atoms with E-state index >= 15 is 0 Å². The Morgan fingerprint density at radius 2 is 0.921 bits per heavy atom. The first-order valence-corrected chi connectivity index (χ1v) is 12.4. The number of carbonyl (C=O) groups excluding carboxylic acids is 3. The fourth-order valence-electron chi connectivity index (χ4n) is 3.68. The van der Waals surface area contributed by atoms with E-state index in [1.807, 2.05) is 24.3 Å². The number of ketones is 2. The lowest BCUT2D eigenvalue weighted by Crippen LogP contribution is -2.09. The average Bonchev–Trinajstić information content (AvgIpc) is 2.96. The minimum absolute atomic E-state index is 0.0586. The highest BCUT2D eigenvalue weighted by molar-refractivity contribution is 6.64. The quantitative estimate of drug-likeness (QED) is 0.199. The molecule has 192 valence electrons. The highest BCUT2D eigenvalue weighted by Crippen LogP contribution is 2.21. The normalized spacial score (nSPS) is 11.9. The van der Waals surface area contributed by atoms with E-state index in [0.717, 1.165) is 5.56 Å². The first-order valence-electron chi connectivity index (χ1n) is 12.0. The molecule has 0 fully saturated rings. The lowest BCUT2D eigenvalue weighted by Gasteiger charge is -2.08. The molecule has 0 heterocycles. The summed E-state index contributed by atoms with van der Waals surface area (Å²) in [7, 11) is 0. The summed E-state index contributed by atoms with van der Waals surface area (Å²) in [5.41, 5.74) is 3.69. The Kier molecular flexibility index (Phi) is 9.85. The number of hydrogen-bond donors (Lipinski definition) is 1. The molecule has 38 heavy (non-hydrogen) atoms. The summed E-state index contributed by atoms with van der Waals surface area (Å²) in [5, 5.41) is 8.57. The van der Waals surface area contributed by atoms with Crippen molar-refractivity contribution >= 4 is 34.4 Å². The summed E-state index contributed by atoms with van der Waals surface area (Å²) in [6.07, 6.45) is 0. The molecule has 0 spiro atoms. The lowest BCUT2D eigenvalue weighted by molar-refractivity contribution is -0.138. The van der Waals surface area contributed by atoms with E-state index in [-0.39, 0.29) is 11.6 Å². The van der Waals surface area contributed by atoms with Crippen LogP contribution in [0.25, 0.3) is 0 Å². The zero-order chi connectivity index (χ0) is 27.7. The topological polar surface area (TPSA) is 88.5 Å². The summed E-state index contributed by atoms with van der Waals surface area (Å²) in [4.78, 5) is 46.7. The van der Waals surface area contributed by atoms with E-state index in [0.29, 0.717) is 27.8 Å². The number of carboxylic acids is 1. The maximum absolute atomic E-state index is 12.3. The molecule has 0 aliphatic heterocycles. The third-order valence-electron chi connectivity index (χ3n) is 6.08. The molecule has 0 saturated carbocycles. The first kappa shape index (κ1) is 28.2. The van der Waals surface area contributed by atoms with Crippen molar-refractivity contribution in [2.24, 2.45) is 0 Å². The largest absolute Gasteiger partial charge is 0.481 e. The summed E-state index contributed by atoms with van der Waals surface area (Å²) in [6, 6.07) is 31.8. The second-order valence-corrected chi connectivity index (χ2v) is 9.10. The van der Waals surface area contributed by atoms with Crippen LogP contribution in [0.3, 0.4) is 0 Å². The molecular formula is C32H27ClO5. The molecule has 2 atom stereocenters. The Labute approximate surface area is 226 Å². The van der Waals surface area contributed by atoms with Crippen molar-refractivity contribution in [3.63, 3.8) is 0 Å². The van der Waals surface area contributed by atoms with Gasteiger partial charge < -0.3 is 5.11 Å². The van der Waals surface area contributed by atoms with Gasteiger partial charge in [-0.05, 0) is 41.8 Å². The Hall–Kier alpha value is -4.35. The van der Waals surface area contributed by atoms with E-state index in [9.17, 15) is 19.2 Å². The number of aliphatic carboxylic acids is 1. The predicted molar refractivity (Wildman–Crippen MR) is 148 cm³/mol. The standard InChI is InChI=1S/C16H13ClO2.C16H14O3/c1-11(16(17)19)13-8-5-9-14(10-13)15(18)12-6-3-2-4-7-12;1-11(16(18)19)13-8-5-9-14(10-13)15(17)12-6-3-2-4-7-12/h2-11H,1H3;2-11H,1H3,(H,18,19). The van der Waals surface area contributed by atoms with Gasteiger partial charge in [-0.15, -0.1) is 0 Å². The molecule has 4 rings (SSSR count). The molecule has 4 aromatic rings. The molecule has 0 saturated heterocycles. The minimum Gasteiger partial charge on any atom is -0.481 e. The molecule has 0 radical (unpaired) electrons. The summed E-state index contributed by atoms with van der Waals surface area (Å²) >= 11 is 5.49. The van der Waals surface area contributed by atoms with Gasteiger partial charge in [0.15, 0.2) is 11.6 Å². The first-order chi connectivity index (χ1) is 18.2. The Bertz CT molecular complexity index is 1320. The second-order valence-electron chi connectivity index (χ2n) is 8.73. The van der Waals surface area contributed by atoms with Crippen LogP contribution in [0.5, 0.6) is 0 Å². The Morgan fingerprint density at radius 1 is 0.553 bits per heavy atom. The van der Waals surface area contributed by atoms with Crippen molar-refractivity contribution in [3.8, 4) is 0 Å². The molecule has 6 heteroatoms. The average molecular weight is 527 g/mol. The number of hydrogen-bond acceptors (Lipinski definition) is 4. The molecule has 0 amide bonds. The van der Waals surface area contributed by atoms with Crippen LogP contribution < -0.4 is 0 Å². The van der Waals surface area contributed by atoms with Gasteiger partial charge in [-0.2, -0.15) is 0 Å². The minimum atomic E-state index is -0.899. The van der Waals surface area contributed by atoms with E-state index < -0.39 is 23.0 Å². The Balaban J connectivity index is 0.000000211. The third-order valence-corrected chi connectivity index (χ3v) is 6.41. The highest BCUT2D eigenvalue weighted by atomic mass is 35.5. The van der Waals surface area contributed by atoms with E-state index in [2.05, 4.69) is 0 Å².